The number of imidazole rings is 1. The summed E-state index contributed by atoms with van der Waals surface area (Å²) in [7, 11) is -3.97. The van der Waals surface area contributed by atoms with E-state index < -0.39 is 15.9 Å². The number of nitrogens with zero attached hydrogens (tertiary/aromatic N) is 2. The van der Waals surface area contributed by atoms with Crippen LogP contribution in [0.3, 0.4) is 0 Å². The molecule has 0 aliphatic heterocycles. The molecule has 2 N–H and O–H groups in total. The Labute approximate surface area is 201 Å². The van der Waals surface area contributed by atoms with Crippen LogP contribution >= 0.6 is 0 Å². The van der Waals surface area contributed by atoms with Crippen molar-refractivity contribution in [2.24, 2.45) is 0 Å². The van der Waals surface area contributed by atoms with Crippen molar-refractivity contribution in [3.8, 4) is 11.3 Å². The Kier molecular flexibility index (Phi) is 6.40. The molecular formula is C25H23FN4O4S. The van der Waals surface area contributed by atoms with Crippen LogP contribution in [0.25, 0.3) is 16.9 Å². The monoisotopic (exact) mass is 494 g/mol. The Morgan fingerprint density at radius 2 is 1.74 bits per heavy atom. The number of hydrogen-bond acceptors (Lipinski definition) is 5. The largest absolute Gasteiger partial charge is 0.326 e. The summed E-state index contributed by atoms with van der Waals surface area (Å²) in [6, 6.07) is 13.9. The summed E-state index contributed by atoms with van der Waals surface area (Å²) in [5.74, 6) is -1.36. The molecule has 2 heterocycles. The third-order valence-electron chi connectivity index (χ3n) is 5.35. The predicted octanol–water partition coefficient (Wildman–Crippen LogP) is 3.76. The van der Waals surface area contributed by atoms with Crippen molar-refractivity contribution in [2.45, 2.75) is 32.1 Å². The zero-order valence-corrected chi connectivity index (χ0v) is 20.1. The molecule has 0 bridgehead atoms. The van der Waals surface area contributed by atoms with E-state index in [4.69, 9.17) is 0 Å². The Hall–Kier alpha value is -4.05. The van der Waals surface area contributed by atoms with Crippen LogP contribution in [-0.4, -0.2) is 29.6 Å². The second-order valence-corrected chi connectivity index (χ2v) is 9.90. The van der Waals surface area contributed by atoms with E-state index in [1.54, 1.807) is 19.1 Å². The van der Waals surface area contributed by atoms with Gasteiger partial charge in [0.05, 0.1) is 22.7 Å². The van der Waals surface area contributed by atoms with E-state index in [0.29, 0.717) is 33.8 Å². The molecule has 8 nitrogen and oxygen atoms in total. The smallest absolute Gasteiger partial charge is 0.264 e. The van der Waals surface area contributed by atoms with Crippen molar-refractivity contribution < 1.29 is 22.4 Å². The van der Waals surface area contributed by atoms with Crippen LogP contribution in [0.1, 0.15) is 23.7 Å². The zero-order valence-electron chi connectivity index (χ0n) is 19.3. The highest BCUT2D eigenvalue weighted by Gasteiger charge is 2.19. The normalized spacial score (nSPS) is 11.4. The summed E-state index contributed by atoms with van der Waals surface area (Å²) < 4.78 is 41.8. The van der Waals surface area contributed by atoms with Crippen molar-refractivity contribution >= 4 is 33.2 Å². The Balaban J connectivity index is 1.63. The van der Waals surface area contributed by atoms with Crippen molar-refractivity contribution in [1.82, 2.24) is 14.1 Å². The number of nitrogens with one attached hydrogen (secondary N) is 2. The zero-order chi connectivity index (χ0) is 25.3. The third kappa shape index (κ3) is 5.22. The first kappa shape index (κ1) is 24.1. The van der Waals surface area contributed by atoms with Crippen molar-refractivity contribution in [3.63, 3.8) is 0 Å². The first-order valence-electron chi connectivity index (χ1n) is 10.7. The number of pyridine rings is 1. The number of carbonyl (C=O) groups excluding carboxylic acids is 2. The van der Waals surface area contributed by atoms with Gasteiger partial charge in [-0.15, -0.1) is 0 Å². The number of halogens is 1. The van der Waals surface area contributed by atoms with Gasteiger partial charge in [-0.2, -0.15) is 0 Å². The van der Waals surface area contributed by atoms with E-state index in [0.717, 1.165) is 12.5 Å². The average Bonchev–Trinajstić information content (AvgIpc) is 3.12. The number of aryl methyl sites for hydroxylation is 2. The molecule has 35 heavy (non-hydrogen) atoms. The highest BCUT2D eigenvalue weighted by Crippen LogP contribution is 2.27. The lowest BCUT2D eigenvalue weighted by Crippen LogP contribution is -2.28. The molecule has 0 saturated heterocycles. The van der Waals surface area contributed by atoms with E-state index in [1.165, 1.54) is 30.3 Å². The van der Waals surface area contributed by atoms with Crippen LogP contribution in [-0.2, 0) is 26.0 Å². The topological polar surface area (TPSA) is 110 Å². The van der Waals surface area contributed by atoms with Crippen LogP contribution in [0.4, 0.5) is 10.1 Å². The summed E-state index contributed by atoms with van der Waals surface area (Å²) in [5.41, 5.74) is 4.40. The molecule has 0 aliphatic rings. The van der Waals surface area contributed by atoms with Crippen molar-refractivity contribution in [1.29, 1.82) is 0 Å². The second kappa shape index (κ2) is 9.30. The molecule has 0 fully saturated rings. The van der Waals surface area contributed by atoms with Gasteiger partial charge in [-0.3, -0.25) is 9.59 Å². The summed E-state index contributed by atoms with van der Waals surface area (Å²) in [6.45, 7) is 4.71. The maximum Gasteiger partial charge on any atom is 0.264 e. The molecule has 0 radical (unpaired) electrons. The van der Waals surface area contributed by atoms with Crippen LogP contribution < -0.4 is 10.0 Å². The van der Waals surface area contributed by atoms with Crippen molar-refractivity contribution in [2.75, 3.05) is 5.32 Å². The highest BCUT2D eigenvalue weighted by molar-refractivity contribution is 7.90. The van der Waals surface area contributed by atoms with Crippen LogP contribution in [0.5, 0.6) is 0 Å². The SMILES string of the molecule is CC(=O)NS(=O)(=O)c1ccc(NC(=O)Cc2c(-c3ccc(F)c(C)c3)nc3ccc(C)cn23)cc1. The molecule has 0 unspecified atom stereocenters. The Morgan fingerprint density at radius 3 is 2.40 bits per heavy atom. The van der Waals surface area contributed by atoms with Gasteiger partial charge in [0.2, 0.25) is 11.8 Å². The van der Waals surface area contributed by atoms with Crippen LogP contribution in [0.15, 0.2) is 65.7 Å². The number of benzene rings is 2. The van der Waals surface area contributed by atoms with E-state index in [1.807, 2.05) is 34.4 Å². The summed E-state index contributed by atoms with van der Waals surface area (Å²) >= 11 is 0. The fraction of sp³-hybridized carbons (Fsp3) is 0.160. The Morgan fingerprint density at radius 1 is 1.03 bits per heavy atom. The van der Waals surface area contributed by atoms with E-state index in [2.05, 4.69) is 10.3 Å². The van der Waals surface area contributed by atoms with Gasteiger partial charge >= 0.3 is 0 Å². The highest BCUT2D eigenvalue weighted by atomic mass is 32.2. The lowest BCUT2D eigenvalue weighted by molar-refractivity contribution is -0.117. The maximum absolute atomic E-state index is 13.8. The Bertz CT molecular complexity index is 1560. The fourth-order valence-electron chi connectivity index (χ4n) is 3.71. The lowest BCUT2D eigenvalue weighted by Gasteiger charge is -2.09. The molecule has 4 rings (SSSR count). The second-order valence-electron chi connectivity index (χ2n) is 8.22. The van der Waals surface area contributed by atoms with Crippen molar-refractivity contribution in [3.05, 3.63) is 83.4 Å². The standard InChI is InChI=1S/C25H23FN4O4S/c1-15-4-11-23-28-25(18-5-10-21(26)16(2)12-18)22(30(23)14-15)13-24(32)27-19-6-8-20(9-7-19)35(33,34)29-17(3)31/h4-12,14H,13H2,1-3H3,(H,27,32)(H,29,31). The molecule has 2 aromatic carbocycles. The lowest BCUT2D eigenvalue weighted by atomic mass is 10.1. The van der Waals surface area contributed by atoms with Gasteiger partial charge in [-0.25, -0.2) is 22.5 Å². The van der Waals surface area contributed by atoms with Gasteiger partial charge in [0.25, 0.3) is 10.0 Å². The molecule has 2 amide bonds. The minimum atomic E-state index is -3.97. The first-order chi connectivity index (χ1) is 16.5. The number of carbonyl (C=O) groups is 2. The summed E-state index contributed by atoms with van der Waals surface area (Å²) in [5, 5.41) is 2.76. The number of hydrogen-bond donors (Lipinski definition) is 2. The van der Waals surface area contributed by atoms with Crippen LogP contribution in [0.2, 0.25) is 0 Å². The van der Waals surface area contributed by atoms with Gasteiger partial charge in [0.15, 0.2) is 0 Å². The van der Waals surface area contributed by atoms with Gasteiger partial charge in [0.1, 0.15) is 11.5 Å². The molecule has 0 atom stereocenters. The molecule has 0 spiro atoms. The van der Waals surface area contributed by atoms with Gasteiger partial charge < -0.3 is 9.72 Å². The molecule has 0 aliphatic carbocycles. The summed E-state index contributed by atoms with van der Waals surface area (Å²) in [6.07, 6.45) is 1.86. The average molecular weight is 495 g/mol. The van der Waals surface area contributed by atoms with E-state index >= 15 is 0 Å². The van der Waals surface area contributed by atoms with Gasteiger partial charge in [0, 0.05) is 24.4 Å². The number of anilines is 1. The van der Waals surface area contributed by atoms with E-state index in [-0.39, 0.29) is 23.0 Å². The molecule has 0 saturated carbocycles. The molecular weight excluding hydrogens is 471 g/mol. The van der Waals surface area contributed by atoms with E-state index in [9.17, 15) is 22.4 Å². The number of sulfonamides is 1. The number of fused-ring (bicyclic) bond motifs is 1. The minimum Gasteiger partial charge on any atom is -0.326 e. The molecule has 4 aromatic rings. The number of aromatic nitrogens is 2. The molecule has 180 valence electrons. The van der Waals surface area contributed by atoms with Crippen LogP contribution in [0, 0.1) is 19.7 Å². The quantitative estimate of drug-likeness (QED) is 0.424. The summed E-state index contributed by atoms with van der Waals surface area (Å²) in [4.78, 5) is 28.6. The molecule has 2 aromatic heterocycles. The number of amides is 2. The maximum atomic E-state index is 13.8. The fourth-order valence-corrected chi connectivity index (χ4v) is 4.71. The van der Waals surface area contributed by atoms with Gasteiger partial charge in [-0.05, 0) is 73.5 Å². The van der Waals surface area contributed by atoms with Gasteiger partial charge in [-0.1, -0.05) is 6.07 Å². The third-order valence-corrected chi connectivity index (χ3v) is 6.80. The predicted molar refractivity (Wildman–Crippen MR) is 130 cm³/mol. The minimum absolute atomic E-state index is 0.0255. The first-order valence-corrected chi connectivity index (χ1v) is 12.2. The number of rotatable bonds is 6. The molecule has 10 heteroatoms.